The predicted molar refractivity (Wildman–Crippen MR) is 100.0 cm³/mol. The van der Waals surface area contributed by atoms with Crippen molar-refractivity contribution in [1.29, 1.82) is 0 Å². The van der Waals surface area contributed by atoms with E-state index in [2.05, 4.69) is 15.3 Å². The number of alkyl halides is 1. The molecule has 0 spiro atoms. The molecule has 7 heteroatoms. The van der Waals surface area contributed by atoms with Crippen LogP contribution in [-0.4, -0.2) is 41.0 Å². The lowest BCUT2D eigenvalue weighted by molar-refractivity contribution is 0.00578. The summed E-state index contributed by atoms with van der Waals surface area (Å²) in [5, 5.41) is 3.15. The molecule has 0 radical (unpaired) electrons. The first kappa shape index (κ1) is 17.7. The smallest absolute Gasteiger partial charge is 0.399 e. The molecule has 2 aromatic rings. The Balaban J connectivity index is 1.50. The maximum Gasteiger partial charge on any atom is 0.494 e. The molecule has 2 atom stereocenters. The summed E-state index contributed by atoms with van der Waals surface area (Å²) < 4.78 is 25.5. The molecule has 1 aromatic carbocycles. The van der Waals surface area contributed by atoms with Crippen LogP contribution in [0, 0.1) is 0 Å². The van der Waals surface area contributed by atoms with Gasteiger partial charge in [0.25, 0.3) is 0 Å². The van der Waals surface area contributed by atoms with Gasteiger partial charge in [-0.05, 0) is 38.7 Å². The van der Waals surface area contributed by atoms with Gasteiger partial charge in [0, 0.05) is 13.0 Å². The van der Waals surface area contributed by atoms with Crippen LogP contribution in [-0.2, 0) is 9.31 Å². The van der Waals surface area contributed by atoms with Gasteiger partial charge in [-0.1, -0.05) is 24.3 Å². The molecule has 2 aliphatic heterocycles. The van der Waals surface area contributed by atoms with Crippen LogP contribution in [0.1, 0.15) is 46.0 Å². The lowest BCUT2D eigenvalue weighted by Crippen LogP contribution is -2.41. The molecule has 138 valence electrons. The van der Waals surface area contributed by atoms with Crippen LogP contribution in [0.15, 0.2) is 30.5 Å². The van der Waals surface area contributed by atoms with E-state index in [0.717, 1.165) is 22.5 Å². The quantitative estimate of drug-likeness (QED) is 0.830. The van der Waals surface area contributed by atoms with E-state index in [-0.39, 0.29) is 24.4 Å². The molecule has 3 heterocycles. The van der Waals surface area contributed by atoms with Crippen LogP contribution in [0.3, 0.4) is 0 Å². The summed E-state index contributed by atoms with van der Waals surface area (Å²) in [5.41, 5.74) is 2.24. The summed E-state index contributed by atoms with van der Waals surface area (Å²) >= 11 is 0. The Morgan fingerprint density at radius 2 is 1.77 bits per heavy atom. The number of aromatic amines is 1. The van der Waals surface area contributed by atoms with E-state index >= 15 is 0 Å². The number of imidazole rings is 1. The van der Waals surface area contributed by atoms with Crippen molar-refractivity contribution in [2.24, 2.45) is 0 Å². The highest BCUT2D eigenvalue weighted by Crippen LogP contribution is 2.36. The number of H-pyrrole nitrogens is 1. The van der Waals surface area contributed by atoms with Gasteiger partial charge in [-0.2, -0.15) is 0 Å². The van der Waals surface area contributed by atoms with Gasteiger partial charge < -0.3 is 19.6 Å². The van der Waals surface area contributed by atoms with Gasteiger partial charge in [0.1, 0.15) is 12.0 Å². The monoisotopic (exact) mass is 357 g/mol. The number of nitrogens with zero attached hydrogens (tertiary/aromatic N) is 1. The molecule has 2 saturated heterocycles. The predicted octanol–water partition coefficient (Wildman–Crippen LogP) is 2.75. The number of aromatic nitrogens is 2. The topological polar surface area (TPSA) is 59.2 Å². The second-order valence-corrected chi connectivity index (χ2v) is 8.19. The minimum Gasteiger partial charge on any atom is -0.399 e. The average Bonchev–Trinajstić information content (AvgIpc) is 3.26. The first-order chi connectivity index (χ1) is 12.2. The van der Waals surface area contributed by atoms with Crippen molar-refractivity contribution in [2.75, 3.05) is 6.54 Å². The van der Waals surface area contributed by atoms with Crippen LogP contribution in [0.2, 0.25) is 0 Å². The van der Waals surface area contributed by atoms with Crippen molar-refractivity contribution in [2.45, 2.75) is 57.5 Å². The summed E-state index contributed by atoms with van der Waals surface area (Å²) in [6.45, 7) is 8.58. The number of halogens is 1. The highest BCUT2D eigenvalue weighted by atomic mass is 19.1. The Morgan fingerprint density at radius 3 is 2.35 bits per heavy atom. The molecule has 0 bridgehead atoms. The summed E-state index contributed by atoms with van der Waals surface area (Å²) in [4.78, 5) is 7.72. The van der Waals surface area contributed by atoms with Crippen molar-refractivity contribution in [3.8, 4) is 11.3 Å². The Hall–Kier alpha value is -1.70. The van der Waals surface area contributed by atoms with Gasteiger partial charge >= 0.3 is 7.12 Å². The molecule has 2 unspecified atom stereocenters. The zero-order chi connectivity index (χ0) is 18.5. The SMILES string of the molecule is CC1(C)OB(c2ccc(-c3cnc(C4CC(F)CN4)[nH]3)cc2)OC1(C)C. The van der Waals surface area contributed by atoms with Crippen LogP contribution < -0.4 is 10.8 Å². The largest absolute Gasteiger partial charge is 0.494 e. The lowest BCUT2D eigenvalue weighted by atomic mass is 9.79. The second kappa shape index (κ2) is 6.18. The van der Waals surface area contributed by atoms with Gasteiger partial charge in [0.15, 0.2) is 0 Å². The third-order valence-corrected chi connectivity index (χ3v) is 5.75. The highest BCUT2D eigenvalue weighted by molar-refractivity contribution is 6.62. The number of hydrogen-bond donors (Lipinski definition) is 2. The molecule has 2 fully saturated rings. The van der Waals surface area contributed by atoms with E-state index < -0.39 is 6.17 Å². The van der Waals surface area contributed by atoms with Crippen molar-refractivity contribution in [1.82, 2.24) is 15.3 Å². The van der Waals surface area contributed by atoms with Crippen LogP contribution in [0.5, 0.6) is 0 Å². The van der Waals surface area contributed by atoms with Crippen molar-refractivity contribution in [3.63, 3.8) is 0 Å². The summed E-state index contributed by atoms with van der Waals surface area (Å²) in [6.07, 6.45) is 1.47. The maximum absolute atomic E-state index is 13.4. The normalized spacial score (nSPS) is 27.2. The van der Waals surface area contributed by atoms with E-state index in [0.29, 0.717) is 13.0 Å². The van der Waals surface area contributed by atoms with Crippen LogP contribution >= 0.6 is 0 Å². The first-order valence-corrected chi connectivity index (χ1v) is 9.13. The van der Waals surface area contributed by atoms with E-state index in [1.54, 1.807) is 6.20 Å². The minimum atomic E-state index is -0.798. The number of hydrogen-bond acceptors (Lipinski definition) is 4. The fourth-order valence-electron chi connectivity index (χ4n) is 3.36. The number of nitrogens with one attached hydrogen (secondary N) is 2. The molecule has 2 N–H and O–H groups in total. The lowest BCUT2D eigenvalue weighted by Gasteiger charge is -2.32. The van der Waals surface area contributed by atoms with Crippen molar-refractivity contribution in [3.05, 3.63) is 36.3 Å². The van der Waals surface area contributed by atoms with Gasteiger partial charge in [-0.15, -0.1) is 0 Å². The fourth-order valence-corrected chi connectivity index (χ4v) is 3.36. The minimum absolute atomic E-state index is 0.0391. The first-order valence-electron chi connectivity index (χ1n) is 9.13. The Labute approximate surface area is 153 Å². The molecule has 0 aliphatic carbocycles. The van der Waals surface area contributed by atoms with E-state index in [4.69, 9.17) is 9.31 Å². The third-order valence-electron chi connectivity index (χ3n) is 5.75. The molecular weight excluding hydrogens is 332 g/mol. The molecule has 1 aromatic heterocycles. The molecular formula is C19H25BFN3O2. The van der Waals surface area contributed by atoms with E-state index in [9.17, 15) is 4.39 Å². The molecule has 4 rings (SSSR count). The van der Waals surface area contributed by atoms with E-state index in [1.807, 2.05) is 52.0 Å². The van der Waals surface area contributed by atoms with E-state index in [1.165, 1.54) is 0 Å². The number of benzene rings is 1. The van der Waals surface area contributed by atoms with Crippen molar-refractivity contribution >= 4 is 12.6 Å². The number of rotatable bonds is 3. The molecule has 2 aliphatic rings. The maximum atomic E-state index is 13.4. The zero-order valence-corrected chi connectivity index (χ0v) is 15.7. The van der Waals surface area contributed by atoms with Gasteiger partial charge in [0.05, 0.1) is 29.1 Å². The molecule has 0 amide bonds. The van der Waals surface area contributed by atoms with Crippen LogP contribution in [0.25, 0.3) is 11.3 Å². The van der Waals surface area contributed by atoms with Crippen LogP contribution in [0.4, 0.5) is 4.39 Å². The average molecular weight is 357 g/mol. The van der Waals surface area contributed by atoms with Gasteiger partial charge in [-0.25, -0.2) is 9.37 Å². The second-order valence-electron chi connectivity index (χ2n) is 8.19. The van der Waals surface area contributed by atoms with Crippen molar-refractivity contribution < 1.29 is 13.7 Å². The Morgan fingerprint density at radius 1 is 1.12 bits per heavy atom. The summed E-state index contributed by atoms with van der Waals surface area (Å²) in [5.74, 6) is 0.787. The third kappa shape index (κ3) is 3.08. The van der Waals surface area contributed by atoms with Gasteiger partial charge in [-0.3, -0.25) is 0 Å². The van der Waals surface area contributed by atoms with Gasteiger partial charge in [0.2, 0.25) is 0 Å². The molecule has 5 nitrogen and oxygen atoms in total. The fraction of sp³-hybridized carbons (Fsp3) is 0.526. The Kier molecular flexibility index (Phi) is 4.21. The molecule has 26 heavy (non-hydrogen) atoms. The summed E-state index contributed by atoms with van der Waals surface area (Å²) in [7, 11) is -0.365. The molecule has 0 saturated carbocycles. The standard InChI is InChI=1S/C19H25BFN3O2/c1-18(2)19(3,4)26-20(25-18)13-7-5-12(6-8-13)16-11-23-17(24-16)15-9-14(21)10-22-15/h5-8,11,14-15,22H,9-10H2,1-4H3,(H,23,24). The zero-order valence-electron chi connectivity index (χ0n) is 15.7. The highest BCUT2D eigenvalue weighted by Gasteiger charge is 2.51. The Bertz CT molecular complexity index is 774. The summed E-state index contributed by atoms with van der Waals surface area (Å²) in [6, 6.07) is 8.05.